The first-order valence-electron chi connectivity index (χ1n) is 12.9. The van der Waals surface area contributed by atoms with Crippen LogP contribution in [0.5, 0.6) is 17.2 Å². The first-order chi connectivity index (χ1) is 18.4. The maximum atomic E-state index is 13.4. The van der Waals surface area contributed by atoms with Gasteiger partial charge in [-0.15, -0.1) is 0 Å². The molecule has 1 amide bonds. The number of ether oxygens (including phenoxy) is 3. The second-order valence-electron chi connectivity index (χ2n) is 9.87. The summed E-state index contributed by atoms with van der Waals surface area (Å²) in [5.74, 6) is 0.548. The number of nitrogens with zero attached hydrogens (tertiary/aromatic N) is 1. The molecule has 2 aliphatic rings. The number of hydrogen-bond acceptors (Lipinski definition) is 6. The number of aliphatic hydroxyl groups excluding tert-OH is 1. The molecular formula is C31H31NO6. The molecule has 0 aliphatic carbocycles. The van der Waals surface area contributed by atoms with Crippen molar-refractivity contribution in [1.82, 2.24) is 4.90 Å². The molecule has 5 rings (SSSR count). The quantitative estimate of drug-likeness (QED) is 0.243. The highest BCUT2D eigenvalue weighted by Crippen LogP contribution is 2.42. The first kappa shape index (κ1) is 25.4. The van der Waals surface area contributed by atoms with Crippen molar-refractivity contribution < 1.29 is 28.9 Å². The van der Waals surface area contributed by atoms with Gasteiger partial charge in [-0.1, -0.05) is 56.3 Å². The van der Waals surface area contributed by atoms with Crippen LogP contribution in [0.3, 0.4) is 0 Å². The van der Waals surface area contributed by atoms with Crippen LogP contribution in [0.1, 0.15) is 43.0 Å². The van der Waals surface area contributed by atoms with Crippen LogP contribution in [0, 0.1) is 5.92 Å². The molecule has 0 radical (unpaired) electrons. The van der Waals surface area contributed by atoms with Crippen LogP contribution < -0.4 is 14.2 Å². The van der Waals surface area contributed by atoms with Crippen LogP contribution in [-0.4, -0.2) is 41.5 Å². The fourth-order valence-corrected chi connectivity index (χ4v) is 4.70. The number of aliphatic hydroxyl groups is 1. The monoisotopic (exact) mass is 513 g/mol. The molecule has 3 aromatic carbocycles. The molecule has 3 aromatic rings. The summed E-state index contributed by atoms with van der Waals surface area (Å²) in [5.41, 5.74) is 1.97. The van der Waals surface area contributed by atoms with E-state index in [1.807, 2.05) is 54.6 Å². The van der Waals surface area contributed by atoms with Crippen molar-refractivity contribution in [3.05, 3.63) is 95.1 Å². The minimum Gasteiger partial charge on any atom is -0.507 e. The van der Waals surface area contributed by atoms with Gasteiger partial charge >= 0.3 is 0 Å². The van der Waals surface area contributed by atoms with Gasteiger partial charge in [0.05, 0.1) is 18.2 Å². The molecule has 7 nitrogen and oxygen atoms in total. The molecule has 7 heteroatoms. The highest BCUT2D eigenvalue weighted by atomic mass is 16.6. The zero-order valence-electron chi connectivity index (χ0n) is 21.6. The second kappa shape index (κ2) is 11.0. The Morgan fingerprint density at radius 1 is 0.974 bits per heavy atom. The zero-order chi connectivity index (χ0) is 26.6. The van der Waals surface area contributed by atoms with E-state index in [0.717, 1.165) is 12.0 Å². The molecule has 1 atom stereocenters. The number of ketones is 1. The van der Waals surface area contributed by atoms with Crippen molar-refractivity contribution in [2.45, 2.75) is 32.9 Å². The van der Waals surface area contributed by atoms with Gasteiger partial charge in [-0.05, 0) is 53.8 Å². The van der Waals surface area contributed by atoms with E-state index in [0.29, 0.717) is 54.1 Å². The lowest BCUT2D eigenvalue weighted by Gasteiger charge is -2.26. The largest absolute Gasteiger partial charge is 0.507 e. The van der Waals surface area contributed by atoms with Crippen molar-refractivity contribution in [3.63, 3.8) is 0 Å². The SMILES string of the molecule is CC(C)CCOc1cccc([C@H]2/C(=C(\O)c3ccc4c(c3)OCCO4)C(=O)C(=O)N2Cc2ccccc2)c1. The van der Waals surface area contributed by atoms with Crippen molar-refractivity contribution >= 4 is 17.4 Å². The third-order valence-electron chi connectivity index (χ3n) is 6.69. The third kappa shape index (κ3) is 5.23. The number of benzene rings is 3. The van der Waals surface area contributed by atoms with Gasteiger partial charge in [-0.25, -0.2) is 0 Å². The molecule has 2 aliphatic heterocycles. The third-order valence-corrected chi connectivity index (χ3v) is 6.69. The number of carbonyl (C=O) groups excluding carboxylic acids is 2. The molecule has 2 heterocycles. The fraction of sp³-hybridized carbons (Fsp3) is 0.290. The van der Waals surface area contributed by atoms with Gasteiger partial charge in [0, 0.05) is 12.1 Å². The van der Waals surface area contributed by atoms with E-state index in [1.165, 1.54) is 4.90 Å². The fourth-order valence-electron chi connectivity index (χ4n) is 4.70. The predicted molar refractivity (Wildman–Crippen MR) is 143 cm³/mol. The van der Waals surface area contributed by atoms with E-state index in [1.54, 1.807) is 18.2 Å². The molecule has 0 bridgehead atoms. The van der Waals surface area contributed by atoms with Gasteiger partial charge in [0.15, 0.2) is 11.5 Å². The van der Waals surface area contributed by atoms with Gasteiger partial charge < -0.3 is 24.2 Å². The van der Waals surface area contributed by atoms with E-state index in [2.05, 4.69) is 13.8 Å². The average Bonchev–Trinajstić information content (AvgIpc) is 3.18. The van der Waals surface area contributed by atoms with E-state index in [-0.39, 0.29) is 17.9 Å². The molecule has 1 N–H and O–H groups in total. The highest BCUT2D eigenvalue weighted by Gasteiger charge is 2.46. The first-order valence-corrected chi connectivity index (χ1v) is 12.9. The van der Waals surface area contributed by atoms with Gasteiger partial charge in [-0.3, -0.25) is 9.59 Å². The standard InChI is InChI=1S/C31H31NO6/c1-20(2)13-14-36-24-10-6-9-22(17-24)28-27(29(33)23-11-12-25-26(18-23)38-16-15-37-25)30(34)31(35)32(28)19-21-7-4-3-5-8-21/h3-12,17-18,20,28,33H,13-16,19H2,1-2H3/b29-27+/t28-/m0/s1. The lowest BCUT2D eigenvalue weighted by Crippen LogP contribution is -2.29. The highest BCUT2D eigenvalue weighted by molar-refractivity contribution is 6.46. The summed E-state index contributed by atoms with van der Waals surface area (Å²) in [6.45, 7) is 5.87. The number of fused-ring (bicyclic) bond motifs is 1. The van der Waals surface area contributed by atoms with Crippen LogP contribution in [0.25, 0.3) is 5.76 Å². The average molecular weight is 514 g/mol. The minimum atomic E-state index is -0.794. The van der Waals surface area contributed by atoms with Crippen LogP contribution in [0.4, 0.5) is 0 Å². The number of rotatable bonds is 8. The summed E-state index contributed by atoms with van der Waals surface area (Å²) < 4.78 is 17.2. The minimum absolute atomic E-state index is 0.0296. The van der Waals surface area contributed by atoms with Crippen LogP contribution in [0.15, 0.2) is 78.4 Å². The van der Waals surface area contributed by atoms with Gasteiger partial charge in [0.25, 0.3) is 11.7 Å². The molecule has 0 saturated carbocycles. The van der Waals surface area contributed by atoms with Crippen LogP contribution in [0.2, 0.25) is 0 Å². The zero-order valence-corrected chi connectivity index (χ0v) is 21.6. The molecule has 38 heavy (non-hydrogen) atoms. The molecule has 0 unspecified atom stereocenters. The number of hydrogen-bond donors (Lipinski definition) is 1. The van der Waals surface area contributed by atoms with Gasteiger partial charge in [0.2, 0.25) is 0 Å². The van der Waals surface area contributed by atoms with E-state index in [9.17, 15) is 14.7 Å². The Bertz CT molecular complexity index is 1360. The van der Waals surface area contributed by atoms with Crippen molar-refractivity contribution in [2.75, 3.05) is 19.8 Å². The van der Waals surface area contributed by atoms with Crippen molar-refractivity contribution in [3.8, 4) is 17.2 Å². The summed E-state index contributed by atoms with van der Waals surface area (Å²) in [6.07, 6.45) is 0.904. The summed E-state index contributed by atoms with van der Waals surface area (Å²) in [6, 6.07) is 21.1. The second-order valence-corrected chi connectivity index (χ2v) is 9.87. The van der Waals surface area contributed by atoms with Crippen molar-refractivity contribution in [1.29, 1.82) is 0 Å². The maximum Gasteiger partial charge on any atom is 0.295 e. The Kier molecular flexibility index (Phi) is 7.36. The predicted octanol–water partition coefficient (Wildman–Crippen LogP) is 5.50. The smallest absolute Gasteiger partial charge is 0.295 e. The maximum absolute atomic E-state index is 13.4. The number of carbonyl (C=O) groups is 2. The lowest BCUT2D eigenvalue weighted by atomic mass is 9.94. The normalized spacial score (nSPS) is 18.2. The molecule has 0 aromatic heterocycles. The van der Waals surface area contributed by atoms with E-state index in [4.69, 9.17) is 14.2 Å². The Hall–Kier alpha value is -4.26. The van der Waals surface area contributed by atoms with Crippen molar-refractivity contribution in [2.24, 2.45) is 5.92 Å². The summed E-state index contributed by atoms with van der Waals surface area (Å²) in [4.78, 5) is 28.3. The Morgan fingerprint density at radius 3 is 2.50 bits per heavy atom. The number of amides is 1. The molecule has 1 fully saturated rings. The molecule has 0 spiro atoms. The topological polar surface area (TPSA) is 85.3 Å². The number of likely N-dealkylation sites (tertiary alicyclic amines) is 1. The number of Topliss-reactive ketones (excluding diaryl/α,β-unsaturated/α-hetero) is 1. The summed E-state index contributed by atoms with van der Waals surface area (Å²) >= 11 is 0. The Labute approximate surface area is 222 Å². The summed E-state index contributed by atoms with van der Waals surface area (Å²) in [7, 11) is 0. The van der Waals surface area contributed by atoms with E-state index >= 15 is 0 Å². The van der Waals surface area contributed by atoms with E-state index < -0.39 is 17.7 Å². The Morgan fingerprint density at radius 2 is 1.74 bits per heavy atom. The molecular weight excluding hydrogens is 482 g/mol. The van der Waals surface area contributed by atoms with Gasteiger partial charge in [0.1, 0.15) is 24.7 Å². The molecule has 1 saturated heterocycles. The Balaban J connectivity index is 1.57. The summed E-state index contributed by atoms with van der Waals surface area (Å²) in [5, 5.41) is 11.4. The molecule has 196 valence electrons. The van der Waals surface area contributed by atoms with Crippen LogP contribution in [-0.2, 0) is 16.1 Å². The lowest BCUT2D eigenvalue weighted by molar-refractivity contribution is -0.140. The van der Waals surface area contributed by atoms with Gasteiger partial charge in [-0.2, -0.15) is 0 Å². The van der Waals surface area contributed by atoms with Crippen LogP contribution >= 0.6 is 0 Å².